The average Bonchev–Trinajstić information content (AvgIpc) is 1.63. The molecular formula is C6H18N2Si. The van der Waals surface area contributed by atoms with E-state index in [-0.39, 0.29) is 0 Å². The van der Waals surface area contributed by atoms with Crippen LogP contribution in [0.4, 0.5) is 0 Å². The molecule has 0 amide bonds. The molecule has 0 bridgehead atoms. The molecule has 0 fully saturated rings. The third-order valence-corrected chi connectivity index (χ3v) is 4.06. The molecule has 0 heterocycles. The number of nitrogens with two attached hydrogens (primary N) is 1. The summed E-state index contributed by atoms with van der Waals surface area (Å²) in [4.78, 5) is 3.39. The van der Waals surface area contributed by atoms with E-state index < -0.39 is 8.40 Å². The fourth-order valence-corrected chi connectivity index (χ4v) is 2.28. The molecule has 1 atom stereocenters. The zero-order valence-electron chi connectivity index (χ0n) is 6.86. The van der Waals surface area contributed by atoms with Gasteiger partial charge in [-0.1, -0.05) is 20.8 Å². The highest BCUT2D eigenvalue weighted by Gasteiger charge is 2.19. The van der Waals surface area contributed by atoms with Crippen LogP contribution in [0.25, 0.3) is 0 Å². The second kappa shape index (κ2) is 3.34. The summed E-state index contributed by atoms with van der Waals surface area (Å²) < 4.78 is 0. The lowest BCUT2D eigenvalue weighted by atomic mass is 10.4. The van der Waals surface area contributed by atoms with Gasteiger partial charge >= 0.3 is 0 Å². The van der Waals surface area contributed by atoms with Gasteiger partial charge < -0.3 is 10.4 Å². The highest BCUT2D eigenvalue weighted by atomic mass is 28.3. The first-order valence-electron chi connectivity index (χ1n) is 3.54. The van der Waals surface area contributed by atoms with E-state index in [1.807, 2.05) is 0 Å². The van der Waals surface area contributed by atoms with Crippen molar-refractivity contribution in [3.8, 4) is 0 Å². The summed E-state index contributed by atoms with van der Waals surface area (Å²) in [5, 5.41) is 5.94. The molecule has 0 rings (SSSR count). The molecule has 3 heteroatoms. The van der Waals surface area contributed by atoms with Crippen molar-refractivity contribution in [2.45, 2.75) is 39.4 Å². The van der Waals surface area contributed by atoms with Crippen LogP contribution < -0.4 is 10.4 Å². The summed E-state index contributed by atoms with van der Waals surface area (Å²) in [6, 6.07) is 1.64. The monoisotopic (exact) mass is 146 g/mol. The molecular weight excluding hydrogens is 128 g/mol. The van der Waals surface area contributed by atoms with Gasteiger partial charge in [0.05, 0.1) is 0 Å². The third kappa shape index (κ3) is 4.63. The summed E-state index contributed by atoms with van der Waals surface area (Å²) in [5.74, 6) is 0. The second-order valence-electron chi connectivity index (χ2n) is 3.07. The lowest BCUT2D eigenvalue weighted by Gasteiger charge is -2.23. The van der Waals surface area contributed by atoms with Crippen molar-refractivity contribution in [2.75, 3.05) is 0 Å². The molecule has 0 aromatic rings. The number of rotatable bonds is 3. The molecule has 9 heavy (non-hydrogen) atoms. The standard InChI is InChI=1S/C6H18N2Si/c1-5-9(4,7)8-6(2)3/h6,8H,5,7H2,1-4H3. The lowest BCUT2D eigenvalue weighted by molar-refractivity contribution is 0.725. The minimum atomic E-state index is -1.49. The van der Waals surface area contributed by atoms with E-state index >= 15 is 0 Å². The van der Waals surface area contributed by atoms with Crippen LogP contribution in [0.15, 0.2) is 0 Å². The van der Waals surface area contributed by atoms with Crippen LogP contribution in [-0.4, -0.2) is 14.4 Å². The molecule has 3 N–H and O–H groups in total. The zero-order valence-corrected chi connectivity index (χ0v) is 7.86. The minimum absolute atomic E-state index is 0.534. The van der Waals surface area contributed by atoms with Crippen molar-refractivity contribution in [2.24, 2.45) is 5.40 Å². The fourth-order valence-electron chi connectivity index (χ4n) is 0.762. The quantitative estimate of drug-likeness (QED) is 0.584. The summed E-state index contributed by atoms with van der Waals surface area (Å²) in [7, 11) is -1.49. The predicted octanol–water partition coefficient (Wildman–Crippen LogP) is 1.04. The van der Waals surface area contributed by atoms with Gasteiger partial charge in [0.25, 0.3) is 0 Å². The molecule has 0 aromatic heterocycles. The van der Waals surface area contributed by atoms with Crippen LogP contribution in [0.2, 0.25) is 12.6 Å². The Morgan fingerprint density at radius 1 is 1.56 bits per heavy atom. The SMILES string of the molecule is CC[Si](C)(N)NC(C)C. The van der Waals surface area contributed by atoms with Gasteiger partial charge in [-0.25, -0.2) is 0 Å². The molecule has 1 unspecified atom stereocenters. The van der Waals surface area contributed by atoms with Crippen LogP contribution in [0, 0.1) is 0 Å². The molecule has 0 aliphatic rings. The first-order valence-corrected chi connectivity index (χ1v) is 6.33. The Hall–Kier alpha value is 0.137. The molecule has 56 valence electrons. The van der Waals surface area contributed by atoms with Crippen LogP contribution in [0.1, 0.15) is 20.8 Å². The Morgan fingerprint density at radius 3 is 2.11 bits per heavy atom. The number of nitrogens with one attached hydrogen (secondary N) is 1. The van der Waals surface area contributed by atoms with Crippen molar-refractivity contribution in [1.29, 1.82) is 0 Å². The van der Waals surface area contributed by atoms with Gasteiger partial charge in [-0.15, -0.1) is 0 Å². The Balaban J connectivity index is 3.58. The number of hydrogen-bond donors (Lipinski definition) is 2. The van der Waals surface area contributed by atoms with Gasteiger partial charge in [0, 0.05) is 0 Å². The maximum atomic E-state index is 5.94. The summed E-state index contributed by atoms with van der Waals surface area (Å²) in [6.45, 7) is 8.55. The Labute approximate surface area is 59.0 Å². The van der Waals surface area contributed by atoms with Crippen molar-refractivity contribution < 1.29 is 0 Å². The van der Waals surface area contributed by atoms with Gasteiger partial charge in [0.2, 0.25) is 0 Å². The highest BCUT2D eigenvalue weighted by Crippen LogP contribution is 1.96. The summed E-state index contributed by atoms with van der Waals surface area (Å²) >= 11 is 0. The predicted molar refractivity (Wildman–Crippen MR) is 44.6 cm³/mol. The smallest absolute Gasteiger partial charge is 0.195 e. The van der Waals surface area contributed by atoms with Crippen LogP contribution >= 0.6 is 0 Å². The molecule has 0 aromatic carbocycles. The molecule has 0 aliphatic carbocycles. The normalized spacial score (nSPS) is 18.0. The average molecular weight is 146 g/mol. The largest absolute Gasteiger partial charge is 0.339 e. The lowest BCUT2D eigenvalue weighted by Crippen LogP contribution is -2.58. The fraction of sp³-hybridized carbons (Fsp3) is 1.00. The summed E-state index contributed by atoms with van der Waals surface area (Å²) in [5.41, 5.74) is 0. The zero-order chi connectivity index (χ0) is 7.49. The van der Waals surface area contributed by atoms with Crippen molar-refractivity contribution >= 4 is 8.40 Å². The summed E-state index contributed by atoms with van der Waals surface area (Å²) in [6.07, 6.45) is 0. The van der Waals surface area contributed by atoms with Crippen LogP contribution in [-0.2, 0) is 0 Å². The van der Waals surface area contributed by atoms with Gasteiger partial charge in [-0.2, -0.15) is 0 Å². The van der Waals surface area contributed by atoms with E-state index in [1.54, 1.807) is 0 Å². The highest BCUT2D eigenvalue weighted by molar-refractivity contribution is 6.73. The molecule has 0 radical (unpaired) electrons. The van der Waals surface area contributed by atoms with Gasteiger partial charge in [0.15, 0.2) is 8.40 Å². The number of hydrogen-bond acceptors (Lipinski definition) is 2. The van der Waals surface area contributed by atoms with Gasteiger partial charge in [-0.05, 0) is 18.6 Å². The molecule has 0 spiro atoms. The van der Waals surface area contributed by atoms with E-state index in [0.29, 0.717) is 6.04 Å². The van der Waals surface area contributed by atoms with Crippen molar-refractivity contribution in [3.63, 3.8) is 0 Å². The van der Waals surface area contributed by atoms with Crippen LogP contribution in [0.5, 0.6) is 0 Å². The van der Waals surface area contributed by atoms with E-state index in [2.05, 4.69) is 32.3 Å². The van der Waals surface area contributed by atoms with E-state index in [9.17, 15) is 0 Å². The van der Waals surface area contributed by atoms with Crippen molar-refractivity contribution in [3.05, 3.63) is 0 Å². The van der Waals surface area contributed by atoms with E-state index in [1.165, 1.54) is 0 Å². The minimum Gasteiger partial charge on any atom is -0.339 e. The first-order chi connectivity index (χ1) is 3.98. The molecule has 0 saturated heterocycles. The van der Waals surface area contributed by atoms with Gasteiger partial charge in [0.1, 0.15) is 0 Å². The van der Waals surface area contributed by atoms with E-state index in [4.69, 9.17) is 5.40 Å². The topological polar surface area (TPSA) is 38.0 Å². The first kappa shape index (κ1) is 9.14. The third-order valence-electron chi connectivity index (χ3n) is 1.35. The van der Waals surface area contributed by atoms with Gasteiger partial charge in [-0.3, -0.25) is 0 Å². The van der Waals surface area contributed by atoms with Crippen molar-refractivity contribution in [1.82, 2.24) is 4.98 Å². The second-order valence-corrected chi connectivity index (χ2v) is 6.90. The molecule has 0 aliphatic heterocycles. The van der Waals surface area contributed by atoms with Crippen LogP contribution in [0.3, 0.4) is 0 Å². The molecule has 0 saturated carbocycles. The maximum absolute atomic E-state index is 5.94. The Morgan fingerprint density at radius 2 is 2.00 bits per heavy atom. The Kier molecular flexibility index (Phi) is 3.39. The van der Waals surface area contributed by atoms with E-state index in [0.717, 1.165) is 6.04 Å². The Bertz CT molecular complexity index is 81.1. The molecule has 2 nitrogen and oxygen atoms in total. The maximum Gasteiger partial charge on any atom is 0.195 e.